The first kappa shape index (κ1) is 19.2. The van der Waals surface area contributed by atoms with Gasteiger partial charge >= 0.3 is 0 Å². The topological polar surface area (TPSA) is 96.3 Å². The van der Waals surface area contributed by atoms with Crippen molar-refractivity contribution in [2.75, 3.05) is 32.7 Å². The van der Waals surface area contributed by atoms with E-state index < -0.39 is 10.0 Å². The molecule has 2 saturated heterocycles. The summed E-state index contributed by atoms with van der Waals surface area (Å²) in [6.07, 6.45) is 4.79. The summed E-state index contributed by atoms with van der Waals surface area (Å²) in [5.41, 5.74) is 0. The van der Waals surface area contributed by atoms with E-state index in [9.17, 15) is 13.2 Å². The van der Waals surface area contributed by atoms with Crippen LogP contribution in [-0.4, -0.2) is 61.5 Å². The number of amides is 1. The van der Waals surface area contributed by atoms with Gasteiger partial charge in [-0.15, -0.1) is 12.4 Å². The second-order valence-corrected chi connectivity index (χ2v) is 8.05. The Labute approximate surface area is 148 Å². The molecule has 0 bridgehead atoms. The van der Waals surface area contributed by atoms with E-state index in [0.29, 0.717) is 24.9 Å². The summed E-state index contributed by atoms with van der Waals surface area (Å²) in [7, 11) is -2.04. The molecule has 24 heavy (non-hydrogen) atoms. The summed E-state index contributed by atoms with van der Waals surface area (Å²) in [6, 6.07) is 0. The Balaban J connectivity index is 0.00000208. The van der Waals surface area contributed by atoms with Crippen molar-refractivity contribution in [2.45, 2.75) is 17.9 Å². The molecule has 0 saturated carbocycles. The maximum Gasteiger partial charge on any atom is 0.260 e. The highest BCUT2D eigenvalue weighted by atomic mass is 35.5. The van der Waals surface area contributed by atoms with E-state index in [4.69, 9.17) is 0 Å². The summed E-state index contributed by atoms with van der Waals surface area (Å²) >= 11 is 0. The molecule has 2 atom stereocenters. The van der Waals surface area contributed by atoms with Crippen molar-refractivity contribution < 1.29 is 13.2 Å². The minimum absolute atomic E-state index is 0. The first-order chi connectivity index (χ1) is 11.0. The molecule has 10 heteroatoms. The van der Waals surface area contributed by atoms with Crippen LogP contribution in [0.1, 0.15) is 12.8 Å². The van der Waals surface area contributed by atoms with Gasteiger partial charge in [-0.3, -0.25) is 4.79 Å². The second kappa shape index (κ2) is 7.81. The van der Waals surface area contributed by atoms with Gasteiger partial charge in [0.05, 0.1) is 12.9 Å². The van der Waals surface area contributed by atoms with Gasteiger partial charge in [-0.25, -0.2) is 18.1 Å². The molecule has 2 aliphatic rings. The number of likely N-dealkylation sites (tertiary alicyclic amines) is 1. The van der Waals surface area contributed by atoms with Crippen LogP contribution in [0.2, 0.25) is 0 Å². The number of imidazole rings is 1. The molecular weight excluding hydrogens is 354 g/mol. The zero-order chi connectivity index (χ0) is 16.4. The van der Waals surface area contributed by atoms with Gasteiger partial charge in [-0.1, -0.05) is 0 Å². The quantitative estimate of drug-likeness (QED) is 0.742. The van der Waals surface area contributed by atoms with Crippen molar-refractivity contribution in [3.05, 3.63) is 12.5 Å². The normalized spacial score (nSPS) is 24.1. The Morgan fingerprint density at radius 2 is 1.96 bits per heavy atom. The van der Waals surface area contributed by atoms with E-state index >= 15 is 0 Å². The van der Waals surface area contributed by atoms with Crippen LogP contribution in [-0.2, 0) is 21.9 Å². The molecule has 136 valence electrons. The number of fused-ring (bicyclic) bond motifs is 1. The van der Waals surface area contributed by atoms with Crippen LogP contribution < -0.4 is 10.0 Å². The van der Waals surface area contributed by atoms with Crippen molar-refractivity contribution in [2.24, 2.45) is 18.9 Å². The number of nitrogens with one attached hydrogen (secondary N) is 2. The van der Waals surface area contributed by atoms with Crippen molar-refractivity contribution in [1.29, 1.82) is 0 Å². The number of hydrogen-bond donors (Lipinski definition) is 2. The second-order valence-electron chi connectivity index (χ2n) is 6.34. The van der Waals surface area contributed by atoms with Gasteiger partial charge in [0.1, 0.15) is 0 Å². The molecule has 2 aliphatic heterocycles. The van der Waals surface area contributed by atoms with Gasteiger partial charge in [0.2, 0.25) is 5.91 Å². The molecule has 1 aromatic rings. The third kappa shape index (κ3) is 4.27. The lowest BCUT2D eigenvalue weighted by atomic mass is 9.92. The molecule has 3 rings (SSSR count). The number of aryl methyl sites for hydroxylation is 1. The summed E-state index contributed by atoms with van der Waals surface area (Å²) in [6.45, 7) is 3.24. The molecule has 3 heterocycles. The lowest BCUT2D eigenvalue weighted by molar-refractivity contribution is -0.129. The predicted molar refractivity (Wildman–Crippen MR) is 91.3 cm³/mol. The third-order valence-corrected chi connectivity index (χ3v) is 6.03. The fraction of sp³-hybridized carbons (Fsp3) is 0.714. The van der Waals surface area contributed by atoms with Crippen molar-refractivity contribution in [3.63, 3.8) is 0 Å². The molecule has 1 amide bonds. The first-order valence-electron chi connectivity index (χ1n) is 7.92. The Morgan fingerprint density at radius 3 is 2.50 bits per heavy atom. The fourth-order valence-corrected chi connectivity index (χ4v) is 4.29. The van der Waals surface area contributed by atoms with Gasteiger partial charge in [-0.05, 0) is 37.8 Å². The lowest BCUT2D eigenvalue weighted by Crippen LogP contribution is -2.41. The molecule has 2 fully saturated rings. The Hall–Kier alpha value is -1.16. The minimum Gasteiger partial charge on any atom is -0.342 e. The molecule has 2 N–H and O–H groups in total. The minimum atomic E-state index is -3.74. The third-order valence-electron chi connectivity index (χ3n) is 4.74. The van der Waals surface area contributed by atoms with Crippen molar-refractivity contribution in [1.82, 2.24) is 24.5 Å². The predicted octanol–water partition coefficient (Wildman–Crippen LogP) is -0.422. The fourth-order valence-electron chi connectivity index (χ4n) is 3.34. The van der Waals surface area contributed by atoms with E-state index in [1.807, 2.05) is 0 Å². The van der Waals surface area contributed by atoms with E-state index in [-0.39, 0.29) is 29.9 Å². The van der Waals surface area contributed by atoms with Crippen LogP contribution in [0.3, 0.4) is 0 Å². The number of aromatic nitrogens is 2. The standard InChI is InChI=1S/C14H23N5O3S.ClH/c1-18-9-13(16-10-18)23(21,22)17-8-14(20)19-4-2-11-6-15-7-12(11)3-5-19;/h9-12,15,17H,2-8H2,1H3;1H/t11-,12+;. The number of carbonyl (C=O) groups is 1. The Morgan fingerprint density at radius 1 is 1.33 bits per heavy atom. The van der Waals surface area contributed by atoms with E-state index in [2.05, 4.69) is 15.0 Å². The van der Waals surface area contributed by atoms with Gasteiger partial charge in [-0.2, -0.15) is 0 Å². The first-order valence-corrected chi connectivity index (χ1v) is 9.40. The highest BCUT2D eigenvalue weighted by molar-refractivity contribution is 7.89. The maximum atomic E-state index is 12.3. The molecule has 8 nitrogen and oxygen atoms in total. The summed E-state index contributed by atoms with van der Waals surface area (Å²) in [5.74, 6) is 1.11. The highest BCUT2D eigenvalue weighted by Gasteiger charge is 2.31. The number of rotatable bonds is 4. The molecule has 0 radical (unpaired) electrons. The number of sulfonamides is 1. The average Bonchev–Trinajstić information content (AvgIpc) is 3.10. The van der Waals surface area contributed by atoms with Gasteiger partial charge in [0, 0.05) is 26.3 Å². The SMILES string of the molecule is Cl.Cn1cnc(S(=O)(=O)NCC(=O)N2CC[C@@H]3CNC[C@@H]3CC2)c1. The van der Waals surface area contributed by atoms with Crippen molar-refractivity contribution in [3.8, 4) is 0 Å². The smallest absolute Gasteiger partial charge is 0.260 e. The van der Waals surface area contributed by atoms with Crippen LogP contribution in [0, 0.1) is 11.8 Å². The van der Waals surface area contributed by atoms with E-state index in [0.717, 1.165) is 25.9 Å². The summed E-state index contributed by atoms with van der Waals surface area (Å²) in [4.78, 5) is 17.9. The molecule has 0 spiro atoms. The number of hydrogen-bond acceptors (Lipinski definition) is 5. The number of nitrogens with zero attached hydrogens (tertiary/aromatic N) is 3. The van der Waals surface area contributed by atoms with Crippen LogP contribution in [0.15, 0.2) is 17.6 Å². The van der Waals surface area contributed by atoms with Crippen molar-refractivity contribution >= 4 is 28.3 Å². The average molecular weight is 378 g/mol. The van der Waals surface area contributed by atoms with Crippen LogP contribution >= 0.6 is 12.4 Å². The molecule has 1 aromatic heterocycles. The van der Waals surface area contributed by atoms with Crippen LogP contribution in [0.4, 0.5) is 0 Å². The Kier molecular flexibility index (Phi) is 6.24. The van der Waals surface area contributed by atoms with Crippen LogP contribution in [0.5, 0.6) is 0 Å². The Bertz CT molecular complexity index is 664. The molecule has 0 aromatic carbocycles. The van der Waals surface area contributed by atoms with Crippen LogP contribution in [0.25, 0.3) is 0 Å². The number of halogens is 1. The van der Waals surface area contributed by atoms with Gasteiger partial charge in [0.15, 0.2) is 5.03 Å². The van der Waals surface area contributed by atoms with E-state index in [1.54, 1.807) is 16.5 Å². The molecular formula is C14H24ClN5O3S. The monoisotopic (exact) mass is 377 g/mol. The molecule has 0 unspecified atom stereocenters. The number of carbonyl (C=O) groups excluding carboxylic acids is 1. The summed E-state index contributed by atoms with van der Waals surface area (Å²) < 4.78 is 28.1. The lowest BCUT2D eigenvalue weighted by Gasteiger charge is -2.21. The maximum absolute atomic E-state index is 12.3. The summed E-state index contributed by atoms with van der Waals surface area (Å²) in [5, 5.41) is 3.33. The zero-order valence-corrected chi connectivity index (χ0v) is 15.3. The molecule has 0 aliphatic carbocycles. The van der Waals surface area contributed by atoms with E-state index in [1.165, 1.54) is 12.5 Å². The largest absolute Gasteiger partial charge is 0.342 e. The highest BCUT2D eigenvalue weighted by Crippen LogP contribution is 2.27. The zero-order valence-electron chi connectivity index (χ0n) is 13.6. The van der Waals surface area contributed by atoms with Gasteiger partial charge < -0.3 is 14.8 Å². The van der Waals surface area contributed by atoms with Gasteiger partial charge in [0.25, 0.3) is 10.0 Å².